The van der Waals surface area contributed by atoms with Gasteiger partial charge < -0.3 is 10.4 Å². The first-order valence-corrected chi connectivity index (χ1v) is 6.09. The van der Waals surface area contributed by atoms with Crippen molar-refractivity contribution in [2.45, 2.75) is 31.7 Å². The summed E-state index contributed by atoms with van der Waals surface area (Å²) in [5, 5.41) is 15.8. The van der Waals surface area contributed by atoms with E-state index in [-0.39, 0.29) is 17.9 Å². The highest BCUT2D eigenvalue weighted by Crippen LogP contribution is 2.24. The van der Waals surface area contributed by atoms with E-state index in [1.807, 2.05) is 0 Å². The molecule has 1 saturated carbocycles. The average Bonchev–Trinajstić information content (AvgIpc) is 2.76. The van der Waals surface area contributed by atoms with Crippen molar-refractivity contribution in [1.82, 2.24) is 15.1 Å². The highest BCUT2D eigenvalue weighted by molar-refractivity contribution is 5.92. The number of aromatic nitrogens is 2. The highest BCUT2D eigenvalue weighted by atomic mass is 16.4. The second-order valence-electron chi connectivity index (χ2n) is 4.70. The van der Waals surface area contributed by atoms with Crippen molar-refractivity contribution in [1.29, 1.82) is 0 Å². The molecule has 0 bridgehead atoms. The van der Waals surface area contributed by atoms with Crippen LogP contribution < -0.4 is 5.32 Å². The Kier molecular flexibility index (Phi) is 3.64. The third kappa shape index (κ3) is 2.69. The monoisotopic (exact) mass is 251 g/mol. The topological polar surface area (TPSA) is 84.2 Å². The third-order valence-corrected chi connectivity index (χ3v) is 3.47. The van der Waals surface area contributed by atoms with E-state index in [1.54, 1.807) is 19.3 Å². The molecule has 1 aliphatic rings. The van der Waals surface area contributed by atoms with Crippen molar-refractivity contribution >= 4 is 11.9 Å². The van der Waals surface area contributed by atoms with Crippen LogP contribution in [0.2, 0.25) is 0 Å². The van der Waals surface area contributed by atoms with Crippen molar-refractivity contribution in [2.24, 2.45) is 13.0 Å². The van der Waals surface area contributed by atoms with Crippen LogP contribution in [0.25, 0.3) is 0 Å². The Labute approximate surface area is 105 Å². The molecule has 0 atom stereocenters. The number of amides is 1. The maximum Gasteiger partial charge on any atom is 0.306 e. The van der Waals surface area contributed by atoms with Crippen LogP contribution in [0.1, 0.15) is 36.2 Å². The zero-order chi connectivity index (χ0) is 13.1. The summed E-state index contributed by atoms with van der Waals surface area (Å²) in [4.78, 5) is 22.7. The number of carboxylic acids is 1. The maximum atomic E-state index is 11.9. The zero-order valence-corrected chi connectivity index (χ0v) is 10.3. The van der Waals surface area contributed by atoms with Gasteiger partial charge in [-0.15, -0.1) is 0 Å². The van der Waals surface area contributed by atoms with E-state index >= 15 is 0 Å². The minimum Gasteiger partial charge on any atom is -0.481 e. The Morgan fingerprint density at radius 2 is 2.06 bits per heavy atom. The zero-order valence-electron chi connectivity index (χ0n) is 10.3. The van der Waals surface area contributed by atoms with Gasteiger partial charge in [0.1, 0.15) is 5.69 Å². The lowest BCUT2D eigenvalue weighted by atomic mass is 9.86. The van der Waals surface area contributed by atoms with Crippen molar-refractivity contribution in [3.63, 3.8) is 0 Å². The van der Waals surface area contributed by atoms with E-state index < -0.39 is 5.97 Å². The van der Waals surface area contributed by atoms with Gasteiger partial charge in [0.2, 0.25) is 0 Å². The highest BCUT2D eigenvalue weighted by Gasteiger charge is 2.27. The Balaban J connectivity index is 1.87. The van der Waals surface area contributed by atoms with E-state index in [9.17, 15) is 9.59 Å². The summed E-state index contributed by atoms with van der Waals surface area (Å²) >= 11 is 0. The predicted octanol–water partition coefficient (Wildman–Crippen LogP) is 0.793. The van der Waals surface area contributed by atoms with Crippen LogP contribution in [0.5, 0.6) is 0 Å². The van der Waals surface area contributed by atoms with Crippen LogP contribution >= 0.6 is 0 Å². The molecule has 1 aromatic heterocycles. The number of rotatable bonds is 3. The van der Waals surface area contributed by atoms with Crippen molar-refractivity contribution in [2.75, 3.05) is 0 Å². The number of carbonyl (C=O) groups is 2. The van der Waals surface area contributed by atoms with Gasteiger partial charge in [0, 0.05) is 19.3 Å². The molecule has 6 heteroatoms. The average molecular weight is 251 g/mol. The summed E-state index contributed by atoms with van der Waals surface area (Å²) in [6, 6.07) is 1.74. The molecule has 0 unspecified atom stereocenters. The molecule has 2 N–H and O–H groups in total. The molecule has 2 rings (SSSR count). The van der Waals surface area contributed by atoms with E-state index in [4.69, 9.17) is 5.11 Å². The first-order chi connectivity index (χ1) is 8.58. The molecule has 0 aliphatic heterocycles. The van der Waals surface area contributed by atoms with Crippen LogP contribution in [0.3, 0.4) is 0 Å². The van der Waals surface area contributed by atoms with Crippen molar-refractivity contribution in [3.8, 4) is 0 Å². The minimum absolute atomic E-state index is 0.0722. The molecule has 18 heavy (non-hydrogen) atoms. The Morgan fingerprint density at radius 1 is 1.39 bits per heavy atom. The molecule has 0 aromatic carbocycles. The van der Waals surface area contributed by atoms with Crippen LogP contribution in [0.15, 0.2) is 12.3 Å². The summed E-state index contributed by atoms with van der Waals surface area (Å²) in [5.41, 5.74) is 0.523. The lowest BCUT2D eigenvalue weighted by molar-refractivity contribution is -0.142. The number of aliphatic carboxylic acids is 1. The summed E-state index contributed by atoms with van der Waals surface area (Å²) in [5.74, 6) is -1.13. The fourth-order valence-electron chi connectivity index (χ4n) is 2.34. The molecule has 0 spiro atoms. The maximum absolute atomic E-state index is 11.9. The fourth-order valence-corrected chi connectivity index (χ4v) is 2.34. The van der Waals surface area contributed by atoms with Crippen molar-refractivity contribution < 1.29 is 14.7 Å². The summed E-state index contributed by atoms with van der Waals surface area (Å²) in [6.45, 7) is 0. The molecular formula is C12H17N3O3. The molecule has 1 fully saturated rings. The predicted molar refractivity (Wildman–Crippen MR) is 64.1 cm³/mol. The van der Waals surface area contributed by atoms with Gasteiger partial charge in [0.25, 0.3) is 5.91 Å². The van der Waals surface area contributed by atoms with Crippen molar-refractivity contribution in [3.05, 3.63) is 18.0 Å². The Morgan fingerprint density at radius 3 is 2.56 bits per heavy atom. The molecule has 1 aliphatic carbocycles. The number of carbonyl (C=O) groups excluding carboxylic acids is 1. The smallest absolute Gasteiger partial charge is 0.306 e. The van der Waals surface area contributed by atoms with Crippen LogP contribution in [-0.2, 0) is 11.8 Å². The fraction of sp³-hybridized carbons (Fsp3) is 0.583. The molecule has 98 valence electrons. The second-order valence-corrected chi connectivity index (χ2v) is 4.70. The number of hydrogen-bond acceptors (Lipinski definition) is 3. The van der Waals surface area contributed by atoms with Gasteiger partial charge in [0.05, 0.1) is 5.92 Å². The van der Waals surface area contributed by atoms with Gasteiger partial charge in [-0.2, -0.15) is 5.10 Å². The second kappa shape index (κ2) is 5.20. The lowest BCUT2D eigenvalue weighted by Crippen LogP contribution is -2.39. The quantitative estimate of drug-likeness (QED) is 0.832. The Hall–Kier alpha value is -1.85. The minimum atomic E-state index is -0.730. The van der Waals surface area contributed by atoms with Crippen LogP contribution in [-0.4, -0.2) is 32.8 Å². The van der Waals surface area contributed by atoms with E-state index in [1.165, 1.54) is 4.68 Å². The molecular weight excluding hydrogens is 234 g/mol. The number of hydrogen-bond donors (Lipinski definition) is 2. The number of nitrogens with zero attached hydrogens (tertiary/aromatic N) is 2. The molecule has 1 heterocycles. The first kappa shape index (κ1) is 12.6. The van der Waals surface area contributed by atoms with Gasteiger partial charge in [-0.05, 0) is 31.7 Å². The molecule has 0 radical (unpaired) electrons. The largest absolute Gasteiger partial charge is 0.481 e. The van der Waals surface area contributed by atoms with Gasteiger partial charge in [-0.3, -0.25) is 14.3 Å². The third-order valence-electron chi connectivity index (χ3n) is 3.47. The van der Waals surface area contributed by atoms with Gasteiger partial charge >= 0.3 is 5.97 Å². The number of aryl methyl sites for hydroxylation is 1. The first-order valence-electron chi connectivity index (χ1n) is 6.09. The molecule has 1 aromatic rings. The summed E-state index contributed by atoms with van der Waals surface area (Å²) in [6.07, 6.45) is 4.29. The number of carboxylic acid groups (broad SMARTS) is 1. The standard InChI is InChI=1S/C12H17N3O3/c1-15-10(6-7-13-15)11(16)14-9-4-2-8(3-5-9)12(17)18/h6-9H,2-5H2,1H3,(H,14,16)(H,17,18). The van der Waals surface area contributed by atoms with Gasteiger partial charge in [-0.1, -0.05) is 0 Å². The summed E-state index contributed by atoms with van der Waals surface area (Å²) < 4.78 is 1.53. The van der Waals surface area contributed by atoms with E-state index in [0.29, 0.717) is 18.5 Å². The number of nitrogens with one attached hydrogen (secondary N) is 1. The Bertz CT molecular complexity index is 447. The SMILES string of the molecule is Cn1nccc1C(=O)NC1CCC(C(=O)O)CC1. The van der Waals surface area contributed by atoms with Crippen LogP contribution in [0.4, 0.5) is 0 Å². The summed E-state index contributed by atoms with van der Waals surface area (Å²) in [7, 11) is 1.72. The molecule has 1 amide bonds. The lowest BCUT2D eigenvalue weighted by Gasteiger charge is -2.26. The molecule has 6 nitrogen and oxygen atoms in total. The van der Waals surface area contributed by atoms with Gasteiger partial charge in [-0.25, -0.2) is 0 Å². The van der Waals surface area contributed by atoms with Gasteiger partial charge in [0.15, 0.2) is 0 Å². The normalized spacial score (nSPS) is 23.6. The van der Waals surface area contributed by atoms with E-state index in [0.717, 1.165) is 12.8 Å². The van der Waals surface area contributed by atoms with Crippen LogP contribution in [0, 0.1) is 5.92 Å². The van der Waals surface area contributed by atoms with E-state index in [2.05, 4.69) is 10.4 Å². The molecule has 0 saturated heterocycles.